The largest absolute Gasteiger partial charge is 0.394 e. The smallest absolute Gasteiger partial charge is 0.0614 e. The minimum absolute atomic E-state index is 0.0294. The van der Waals surface area contributed by atoms with Crippen LogP contribution in [0.4, 0.5) is 0 Å². The monoisotopic (exact) mass is 229 g/mol. The van der Waals surface area contributed by atoms with E-state index in [4.69, 9.17) is 0 Å². The quantitative estimate of drug-likeness (QED) is 0.576. The lowest BCUT2D eigenvalue weighted by molar-refractivity contribution is 0.123. The van der Waals surface area contributed by atoms with Crippen molar-refractivity contribution in [2.75, 3.05) is 45.9 Å². The number of piperidine rings is 1. The van der Waals surface area contributed by atoms with Crippen LogP contribution in [0.5, 0.6) is 0 Å². The third-order valence-corrected chi connectivity index (χ3v) is 3.69. The molecule has 0 aromatic carbocycles. The van der Waals surface area contributed by atoms with Crippen LogP contribution in [0.15, 0.2) is 0 Å². The number of aliphatic hydroxyl groups is 1. The second kappa shape index (κ2) is 7.22. The minimum atomic E-state index is -0.0294. The number of rotatable bonds is 7. The Balaban J connectivity index is 2.27. The van der Waals surface area contributed by atoms with Gasteiger partial charge in [0.05, 0.1) is 6.61 Å². The Bertz CT molecular complexity index is 177. The summed E-state index contributed by atoms with van der Waals surface area (Å²) in [4.78, 5) is 2.40. The molecule has 1 fully saturated rings. The molecule has 1 rings (SSSR count). The molecular formula is C12H27N3O. The van der Waals surface area contributed by atoms with Crippen molar-refractivity contribution < 1.29 is 5.11 Å². The molecule has 0 saturated carbocycles. The molecule has 1 heterocycles. The van der Waals surface area contributed by atoms with Gasteiger partial charge < -0.3 is 20.6 Å². The van der Waals surface area contributed by atoms with Gasteiger partial charge >= 0.3 is 0 Å². The van der Waals surface area contributed by atoms with Crippen LogP contribution in [0.25, 0.3) is 0 Å². The van der Waals surface area contributed by atoms with Gasteiger partial charge in [0.1, 0.15) is 0 Å². The van der Waals surface area contributed by atoms with Gasteiger partial charge in [-0.15, -0.1) is 0 Å². The third-order valence-electron chi connectivity index (χ3n) is 3.69. The molecule has 0 aromatic heterocycles. The van der Waals surface area contributed by atoms with Gasteiger partial charge in [-0.05, 0) is 39.0 Å². The molecule has 0 bridgehead atoms. The first-order chi connectivity index (χ1) is 7.76. The van der Waals surface area contributed by atoms with Crippen molar-refractivity contribution in [1.29, 1.82) is 0 Å². The average molecular weight is 229 g/mol. The molecule has 0 amide bonds. The van der Waals surface area contributed by atoms with Crippen LogP contribution in [0, 0.1) is 0 Å². The van der Waals surface area contributed by atoms with Gasteiger partial charge in [-0.25, -0.2) is 0 Å². The maximum absolute atomic E-state index is 9.52. The summed E-state index contributed by atoms with van der Waals surface area (Å²) in [6.07, 6.45) is 2.06. The molecule has 4 heteroatoms. The van der Waals surface area contributed by atoms with E-state index in [2.05, 4.69) is 29.4 Å². The maximum atomic E-state index is 9.52. The van der Waals surface area contributed by atoms with Crippen molar-refractivity contribution in [3.8, 4) is 0 Å². The summed E-state index contributed by atoms with van der Waals surface area (Å²) in [7, 11) is 0. The van der Waals surface area contributed by atoms with Crippen LogP contribution in [0.2, 0.25) is 0 Å². The SMILES string of the molecule is CCN(CC)CCNC1(CO)CCNCC1. The average Bonchev–Trinajstić information content (AvgIpc) is 2.36. The van der Waals surface area contributed by atoms with Crippen LogP contribution >= 0.6 is 0 Å². The summed E-state index contributed by atoms with van der Waals surface area (Å²) in [6.45, 7) is 10.9. The zero-order valence-corrected chi connectivity index (χ0v) is 10.8. The fourth-order valence-electron chi connectivity index (χ4n) is 2.32. The lowest BCUT2D eigenvalue weighted by atomic mass is 9.89. The Labute approximate surface area is 99.4 Å². The van der Waals surface area contributed by atoms with E-state index in [-0.39, 0.29) is 12.1 Å². The molecule has 3 N–H and O–H groups in total. The van der Waals surface area contributed by atoms with Gasteiger partial charge in [0, 0.05) is 18.6 Å². The molecule has 1 aliphatic heterocycles. The van der Waals surface area contributed by atoms with Crippen LogP contribution in [0.3, 0.4) is 0 Å². The molecule has 1 aliphatic rings. The molecule has 0 aromatic rings. The number of nitrogens with one attached hydrogen (secondary N) is 2. The summed E-state index contributed by atoms with van der Waals surface area (Å²) in [5.74, 6) is 0. The van der Waals surface area contributed by atoms with E-state index in [1.165, 1.54) is 0 Å². The molecule has 0 aliphatic carbocycles. The van der Waals surface area contributed by atoms with Crippen LogP contribution in [-0.2, 0) is 0 Å². The van der Waals surface area contributed by atoms with Crippen molar-refractivity contribution in [3.63, 3.8) is 0 Å². The van der Waals surface area contributed by atoms with Gasteiger partial charge in [-0.3, -0.25) is 0 Å². The second-order valence-corrected chi connectivity index (χ2v) is 4.64. The molecule has 4 nitrogen and oxygen atoms in total. The van der Waals surface area contributed by atoms with Crippen LogP contribution in [-0.4, -0.2) is 61.4 Å². The van der Waals surface area contributed by atoms with Gasteiger partial charge in [-0.2, -0.15) is 0 Å². The van der Waals surface area contributed by atoms with E-state index in [0.717, 1.165) is 52.1 Å². The molecule has 0 atom stereocenters. The topological polar surface area (TPSA) is 47.5 Å². The summed E-state index contributed by atoms with van der Waals surface area (Å²) >= 11 is 0. The normalized spacial score (nSPS) is 20.2. The molecule has 96 valence electrons. The standard InChI is InChI=1S/C12H27N3O/c1-3-15(4-2)10-9-14-12(11-16)5-7-13-8-6-12/h13-14,16H,3-11H2,1-2H3. The number of nitrogens with zero attached hydrogens (tertiary/aromatic N) is 1. The van der Waals surface area contributed by atoms with Gasteiger partial charge in [0.25, 0.3) is 0 Å². The number of hydrogen-bond donors (Lipinski definition) is 3. The number of likely N-dealkylation sites (N-methyl/N-ethyl adjacent to an activating group) is 1. The fraction of sp³-hybridized carbons (Fsp3) is 1.00. The van der Waals surface area contributed by atoms with Gasteiger partial charge in [0.15, 0.2) is 0 Å². The number of hydrogen-bond acceptors (Lipinski definition) is 4. The highest BCUT2D eigenvalue weighted by atomic mass is 16.3. The summed E-state index contributed by atoms with van der Waals surface area (Å²) < 4.78 is 0. The maximum Gasteiger partial charge on any atom is 0.0614 e. The molecule has 0 radical (unpaired) electrons. The van der Waals surface area contributed by atoms with Crippen molar-refractivity contribution in [1.82, 2.24) is 15.5 Å². The van der Waals surface area contributed by atoms with Crippen molar-refractivity contribution in [2.45, 2.75) is 32.2 Å². The molecule has 16 heavy (non-hydrogen) atoms. The van der Waals surface area contributed by atoms with E-state index in [9.17, 15) is 5.11 Å². The Hall–Kier alpha value is -0.160. The summed E-state index contributed by atoms with van der Waals surface area (Å²) in [6, 6.07) is 0. The van der Waals surface area contributed by atoms with Crippen LogP contribution < -0.4 is 10.6 Å². The summed E-state index contributed by atoms with van der Waals surface area (Å²) in [5.41, 5.74) is -0.0294. The predicted octanol–water partition coefficient (Wildman–Crippen LogP) is 0.0323. The van der Waals surface area contributed by atoms with E-state index < -0.39 is 0 Å². The van der Waals surface area contributed by atoms with E-state index >= 15 is 0 Å². The third kappa shape index (κ3) is 4.01. The number of aliphatic hydroxyl groups excluding tert-OH is 1. The minimum Gasteiger partial charge on any atom is -0.394 e. The highest BCUT2D eigenvalue weighted by Crippen LogP contribution is 2.16. The van der Waals surface area contributed by atoms with Crippen molar-refractivity contribution >= 4 is 0 Å². The van der Waals surface area contributed by atoms with Gasteiger partial charge in [-0.1, -0.05) is 13.8 Å². The zero-order chi connectivity index (χ0) is 11.9. The Kier molecular flexibility index (Phi) is 6.28. The highest BCUT2D eigenvalue weighted by molar-refractivity contribution is 4.91. The molecular weight excluding hydrogens is 202 g/mol. The first kappa shape index (κ1) is 13.9. The zero-order valence-electron chi connectivity index (χ0n) is 10.8. The van der Waals surface area contributed by atoms with E-state index in [0.29, 0.717) is 0 Å². The van der Waals surface area contributed by atoms with Crippen molar-refractivity contribution in [2.24, 2.45) is 0 Å². The van der Waals surface area contributed by atoms with Crippen molar-refractivity contribution in [3.05, 3.63) is 0 Å². The van der Waals surface area contributed by atoms with Gasteiger partial charge in [0.2, 0.25) is 0 Å². The molecule has 1 saturated heterocycles. The first-order valence-corrected chi connectivity index (χ1v) is 6.55. The first-order valence-electron chi connectivity index (χ1n) is 6.55. The molecule has 0 spiro atoms. The second-order valence-electron chi connectivity index (χ2n) is 4.64. The Morgan fingerprint density at radius 3 is 2.38 bits per heavy atom. The Morgan fingerprint density at radius 2 is 1.88 bits per heavy atom. The van der Waals surface area contributed by atoms with E-state index in [1.54, 1.807) is 0 Å². The van der Waals surface area contributed by atoms with E-state index in [1.807, 2.05) is 0 Å². The van der Waals surface area contributed by atoms with Crippen LogP contribution in [0.1, 0.15) is 26.7 Å². The highest BCUT2D eigenvalue weighted by Gasteiger charge is 2.30. The lowest BCUT2D eigenvalue weighted by Gasteiger charge is -2.37. The predicted molar refractivity (Wildman–Crippen MR) is 67.7 cm³/mol. The summed E-state index contributed by atoms with van der Waals surface area (Å²) in [5, 5.41) is 16.4. The Morgan fingerprint density at radius 1 is 1.25 bits per heavy atom. The lowest BCUT2D eigenvalue weighted by Crippen LogP contribution is -2.56. The fourth-order valence-corrected chi connectivity index (χ4v) is 2.32. The molecule has 0 unspecified atom stereocenters.